The molecule has 1 aliphatic rings. The molecular weight excluding hydrogens is 247 g/mol. The predicted molar refractivity (Wildman–Crippen MR) is 72.2 cm³/mol. The van der Waals surface area contributed by atoms with Crippen molar-refractivity contribution in [1.82, 2.24) is 0 Å². The zero-order valence-electron chi connectivity index (χ0n) is 11.0. The lowest BCUT2D eigenvalue weighted by atomic mass is 10.2. The van der Waals surface area contributed by atoms with Crippen LogP contribution in [-0.4, -0.2) is 18.6 Å². The second-order valence-electron chi connectivity index (χ2n) is 4.97. The minimum atomic E-state index is -0.539. The van der Waals surface area contributed by atoms with Crippen LogP contribution in [0, 0.1) is 11.7 Å². The molecular formula is C14H19FN2O2. The van der Waals surface area contributed by atoms with Gasteiger partial charge in [0, 0.05) is 6.61 Å². The van der Waals surface area contributed by atoms with Crippen molar-refractivity contribution in [2.24, 2.45) is 5.92 Å². The fourth-order valence-corrected chi connectivity index (χ4v) is 1.78. The van der Waals surface area contributed by atoms with Crippen LogP contribution in [-0.2, 0) is 9.53 Å². The Balaban J connectivity index is 1.81. The highest BCUT2D eigenvalue weighted by Gasteiger charge is 2.22. The molecule has 1 saturated carbocycles. The van der Waals surface area contributed by atoms with Crippen LogP contribution in [0.2, 0.25) is 0 Å². The maximum absolute atomic E-state index is 12.9. The SMILES string of the molecule is CC(OCCC1CC1)C(=O)Nc1ccc(F)cc1N. The lowest BCUT2D eigenvalue weighted by Crippen LogP contribution is -2.28. The minimum absolute atomic E-state index is 0.207. The summed E-state index contributed by atoms with van der Waals surface area (Å²) in [6, 6.07) is 3.87. The molecule has 0 heterocycles. The summed E-state index contributed by atoms with van der Waals surface area (Å²) in [5.41, 5.74) is 6.24. The van der Waals surface area contributed by atoms with Gasteiger partial charge in [-0.1, -0.05) is 12.8 Å². The molecule has 2 rings (SSSR count). The molecule has 0 bridgehead atoms. The number of rotatable bonds is 6. The molecule has 1 unspecified atom stereocenters. The Morgan fingerprint density at radius 2 is 2.32 bits per heavy atom. The summed E-state index contributed by atoms with van der Waals surface area (Å²) in [6.45, 7) is 2.29. The summed E-state index contributed by atoms with van der Waals surface area (Å²) in [5, 5.41) is 2.64. The summed E-state index contributed by atoms with van der Waals surface area (Å²) >= 11 is 0. The van der Waals surface area contributed by atoms with Gasteiger partial charge in [0.05, 0.1) is 11.4 Å². The largest absolute Gasteiger partial charge is 0.397 e. The van der Waals surface area contributed by atoms with E-state index in [2.05, 4.69) is 5.32 Å². The standard InChI is InChI=1S/C14H19FN2O2/c1-9(19-7-6-10-2-3-10)14(18)17-13-5-4-11(15)8-12(13)16/h4-5,8-10H,2-3,6-7,16H2,1H3,(H,17,18). The molecule has 19 heavy (non-hydrogen) atoms. The van der Waals surface area contributed by atoms with E-state index in [1.54, 1.807) is 6.92 Å². The van der Waals surface area contributed by atoms with Crippen LogP contribution >= 0.6 is 0 Å². The van der Waals surface area contributed by atoms with Gasteiger partial charge >= 0.3 is 0 Å². The number of hydrogen-bond donors (Lipinski definition) is 2. The number of amides is 1. The molecule has 1 aliphatic carbocycles. The third-order valence-corrected chi connectivity index (χ3v) is 3.23. The van der Waals surface area contributed by atoms with Crippen molar-refractivity contribution < 1.29 is 13.9 Å². The second-order valence-corrected chi connectivity index (χ2v) is 4.97. The van der Waals surface area contributed by atoms with E-state index in [0.717, 1.165) is 12.3 Å². The second kappa shape index (κ2) is 6.02. The molecule has 0 aliphatic heterocycles. The van der Waals surface area contributed by atoms with Gasteiger partial charge in [-0.15, -0.1) is 0 Å². The van der Waals surface area contributed by atoms with E-state index < -0.39 is 11.9 Å². The summed E-state index contributed by atoms with van der Waals surface area (Å²) in [5.74, 6) is 0.0846. The van der Waals surface area contributed by atoms with Crippen molar-refractivity contribution >= 4 is 17.3 Å². The number of ether oxygens (including phenoxy) is 1. The summed E-state index contributed by atoms with van der Waals surface area (Å²) in [4.78, 5) is 11.9. The molecule has 0 radical (unpaired) electrons. The van der Waals surface area contributed by atoms with Gasteiger partial charge in [-0.3, -0.25) is 4.79 Å². The number of carbonyl (C=O) groups is 1. The van der Waals surface area contributed by atoms with Crippen LogP contribution in [0.25, 0.3) is 0 Å². The third-order valence-electron chi connectivity index (χ3n) is 3.23. The highest BCUT2D eigenvalue weighted by atomic mass is 19.1. The predicted octanol–water partition coefficient (Wildman–Crippen LogP) is 2.55. The third kappa shape index (κ3) is 4.21. The molecule has 1 aromatic rings. The van der Waals surface area contributed by atoms with Crippen LogP contribution < -0.4 is 11.1 Å². The Kier molecular flexibility index (Phi) is 4.37. The summed E-state index contributed by atoms with van der Waals surface area (Å²) in [7, 11) is 0. The first kappa shape index (κ1) is 13.8. The van der Waals surface area contributed by atoms with E-state index in [1.165, 1.54) is 31.0 Å². The molecule has 0 aromatic heterocycles. The van der Waals surface area contributed by atoms with Crippen molar-refractivity contribution in [2.45, 2.75) is 32.3 Å². The van der Waals surface area contributed by atoms with Gasteiger partial charge in [0.25, 0.3) is 5.91 Å². The molecule has 3 N–H and O–H groups in total. The number of nitrogens with two attached hydrogens (primary N) is 1. The van der Waals surface area contributed by atoms with Gasteiger partial charge < -0.3 is 15.8 Å². The number of hydrogen-bond acceptors (Lipinski definition) is 3. The molecule has 5 heteroatoms. The van der Waals surface area contributed by atoms with Crippen LogP contribution in [0.15, 0.2) is 18.2 Å². The molecule has 0 saturated heterocycles. The van der Waals surface area contributed by atoms with Crippen LogP contribution in [0.5, 0.6) is 0 Å². The fourth-order valence-electron chi connectivity index (χ4n) is 1.78. The highest BCUT2D eigenvalue weighted by molar-refractivity contribution is 5.96. The topological polar surface area (TPSA) is 64.3 Å². The zero-order chi connectivity index (χ0) is 13.8. The van der Waals surface area contributed by atoms with E-state index in [0.29, 0.717) is 12.3 Å². The Bertz CT molecular complexity index is 461. The molecule has 1 fully saturated rings. The highest BCUT2D eigenvalue weighted by Crippen LogP contribution is 2.32. The summed E-state index contributed by atoms with van der Waals surface area (Å²) in [6.07, 6.45) is 3.02. The molecule has 4 nitrogen and oxygen atoms in total. The molecule has 1 amide bonds. The Hall–Kier alpha value is -1.62. The number of carbonyl (C=O) groups excluding carboxylic acids is 1. The van der Waals surface area contributed by atoms with Gasteiger partial charge in [0.15, 0.2) is 0 Å². The number of anilines is 2. The van der Waals surface area contributed by atoms with Crippen molar-refractivity contribution in [3.63, 3.8) is 0 Å². The summed E-state index contributed by atoms with van der Waals surface area (Å²) < 4.78 is 18.3. The van der Waals surface area contributed by atoms with Crippen LogP contribution in [0.4, 0.5) is 15.8 Å². The Morgan fingerprint density at radius 3 is 2.95 bits per heavy atom. The lowest BCUT2D eigenvalue weighted by Gasteiger charge is -2.14. The van der Waals surface area contributed by atoms with Gasteiger partial charge in [-0.2, -0.15) is 0 Å². The normalized spacial score (nSPS) is 16.1. The van der Waals surface area contributed by atoms with E-state index in [9.17, 15) is 9.18 Å². The molecule has 1 atom stereocenters. The van der Waals surface area contributed by atoms with Gasteiger partial charge in [-0.05, 0) is 37.5 Å². The average molecular weight is 266 g/mol. The van der Waals surface area contributed by atoms with Crippen molar-refractivity contribution in [3.05, 3.63) is 24.0 Å². The smallest absolute Gasteiger partial charge is 0.253 e. The van der Waals surface area contributed by atoms with Crippen LogP contribution in [0.3, 0.4) is 0 Å². The van der Waals surface area contributed by atoms with E-state index in [-0.39, 0.29) is 11.6 Å². The van der Waals surface area contributed by atoms with E-state index >= 15 is 0 Å². The Labute approximate surface area is 112 Å². The maximum Gasteiger partial charge on any atom is 0.253 e. The van der Waals surface area contributed by atoms with Crippen molar-refractivity contribution in [3.8, 4) is 0 Å². The van der Waals surface area contributed by atoms with Crippen molar-refractivity contribution in [1.29, 1.82) is 0 Å². The van der Waals surface area contributed by atoms with Gasteiger partial charge in [0.1, 0.15) is 11.9 Å². The average Bonchev–Trinajstić information content (AvgIpc) is 3.16. The zero-order valence-corrected chi connectivity index (χ0v) is 11.0. The van der Waals surface area contributed by atoms with Gasteiger partial charge in [-0.25, -0.2) is 4.39 Å². The molecule has 1 aromatic carbocycles. The first-order valence-electron chi connectivity index (χ1n) is 6.53. The number of nitrogens with one attached hydrogen (secondary N) is 1. The van der Waals surface area contributed by atoms with Crippen LogP contribution in [0.1, 0.15) is 26.2 Å². The van der Waals surface area contributed by atoms with Gasteiger partial charge in [0.2, 0.25) is 0 Å². The minimum Gasteiger partial charge on any atom is -0.397 e. The quantitative estimate of drug-likeness (QED) is 0.778. The van der Waals surface area contributed by atoms with E-state index in [1.807, 2.05) is 0 Å². The first-order chi connectivity index (χ1) is 9.06. The van der Waals surface area contributed by atoms with E-state index in [4.69, 9.17) is 10.5 Å². The Morgan fingerprint density at radius 1 is 1.58 bits per heavy atom. The molecule has 104 valence electrons. The lowest BCUT2D eigenvalue weighted by molar-refractivity contribution is -0.126. The number of halogens is 1. The van der Waals surface area contributed by atoms with Crippen molar-refractivity contribution in [2.75, 3.05) is 17.7 Å². The maximum atomic E-state index is 12.9. The monoisotopic (exact) mass is 266 g/mol. The number of nitrogen functional groups attached to an aromatic ring is 1. The first-order valence-corrected chi connectivity index (χ1v) is 6.53. The molecule has 0 spiro atoms. The fraction of sp³-hybridized carbons (Fsp3) is 0.500. The number of benzene rings is 1.